The van der Waals surface area contributed by atoms with Crippen molar-refractivity contribution < 1.29 is 0 Å². The molecule has 0 unspecified atom stereocenters. The molecule has 0 aliphatic rings. The molecule has 3 heteroatoms. The summed E-state index contributed by atoms with van der Waals surface area (Å²) in [5.74, 6) is 0. The predicted octanol–water partition coefficient (Wildman–Crippen LogP) is 6.28. The smallest absolute Gasteiger partial charge is 0.123 e. The molecule has 0 saturated heterocycles. The van der Waals surface area contributed by atoms with Crippen LogP contribution in [0.4, 0.5) is 17.1 Å². The molecular weight excluding hydrogens is 312 g/mol. The highest BCUT2D eigenvalue weighted by Crippen LogP contribution is 2.35. The minimum absolute atomic E-state index is 1.05. The van der Waals surface area contributed by atoms with Gasteiger partial charge < -0.3 is 4.90 Å². The number of nitrogens with zero attached hydrogens (tertiary/aromatic N) is 2. The molecule has 4 rings (SSSR count). The molecule has 24 heavy (non-hydrogen) atoms. The summed E-state index contributed by atoms with van der Waals surface area (Å²) in [6.45, 7) is 0. The molecule has 0 aliphatic carbocycles. The number of benzene rings is 3. The Labute approximate surface area is 145 Å². The molecule has 0 fully saturated rings. The van der Waals surface area contributed by atoms with Gasteiger partial charge in [0.15, 0.2) is 0 Å². The van der Waals surface area contributed by atoms with E-state index in [0.717, 1.165) is 27.6 Å². The number of hydrogen-bond donors (Lipinski definition) is 0. The van der Waals surface area contributed by atoms with Gasteiger partial charge >= 0.3 is 0 Å². The third-order valence-electron chi connectivity index (χ3n) is 3.83. The zero-order valence-corrected chi connectivity index (χ0v) is 13.9. The fraction of sp³-hybridized carbons (Fsp3) is 0. The van der Waals surface area contributed by atoms with Crippen molar-refractivity contribution in [3.05, 3.63) is 96.5 Å². The van der Waals surface area contributed by atoms with Crippen LogP contribution in [0.3, 0.4) is 0 Å². The number of hydrogen-bond acceptors (Lipinski definition) is 3. The van der Waals surface area contributed by atoms with E-state index in [9.17, 15) is 0 Å². The number of thiazole rings is 1. The first-order valence-electron chi connectivity index (χ1n) is 7.82. The van der Waals surface area contributed by atoms with Crippen LogP contribution in [0.5, 0.6) is 0 Å². The highest BCUT2D eigenvalue weighted by atomic mass is 32.1. The summed E-state index contributed by atoms with van der Waals surface area (Å²) in [7, 11) is 0. The van der Waals surface area contributed by atoms with Crippen LogP contribution in [-0.2, 0) is 0 Å². The Balaban J connectivity index is 1.77. The van der Waals surface area contributed by atoms with Gasteiger partial charge in [0.05, 0.1) is 0 Å². The topological polar surface area (TPSA) is 16.1 Å². The summed E-state index contributed by atoms with van der Waals surface area (Å²) in [5, 5.41) is 3.05. The standard InChI is InChI=1S/C21H16N2S/c1-3-7-18(8-4-1)23(19-9-5-2-6-10-19)20-13-11-17(12-14-20)21-22-15-16-24-21/h1-16H. The van der Waals surface area contributed by atoms with Crippen LogP contribution in [0.2, 0.25) is 0 Å². The molecule has 0 spiro atoms. The molecule has 116 valence electrons. The number of anilines is 3. The zero-order chi connectivity index (χ0) is 16.2. The lowest BCUT2D eigenvalue weighted by Crippen LogP contribution is -2.09. The van der Waals surface area contributed by atoms with E-state index >= 15 is 0 Å². The second kappa shape index (κ2) is 6.69. The summed E-state index contributed by atoms with van der Waals surface area (Å²) in [4.78, 5) is 6.64. The van der Waals surface area contributed by atoms with Gasteiger partial charge in [0.2, 0.25) is 0 Å². The molecule has 0 aliphatic heterocycles. The highest BCUT2D eigenvalue weighted by molar-refractivity contribution is 7.13. The monoisotopic (exact) mass is 328 g/mol. The largest absolute Gasteiger partial charge is 0.311 e. The molecular formula is C21H16N2S. The van der Waals surface area contributed by atoms with Crippen LogP contribution in [0.25, 0.3) is 10.6 Å². The lowest BCUT2D eigenvalue weighted by molar-refractivity contribution is 1.28. The van der Waals surface area contributed by atoms with Gasteiger partial charge in [-0.25, -0.2) is 4.98 Å². The normalized spacial score (nSPS) is 10.5. The maximum absolute atomic E-state index is 4.38. The summed E-state index contributed by atoms with van der Waals surface area (Å²) in [5.41, 5.74) is 4.57. The fourth-order valence-corrected chi connectivity index (χ4v) is 3.36. The quantitative estimate of drug-likeness (QED) is 0.438. The first-order chi connectivity index (χ1) is 11.9. The van der Waals surface area contributed by atoms with E-state index < -0.39 is 0 Å². The van der Waals surface area contributed by atoms with E-state index in [0.29, 0.717) is 0 Å². The van der Waals surface area contributed by atoms with E-state index in [2.05, 4.69) is 82.7 Å². The predicted molar refractivity (Wildman–Crippen MR) is 102 cm³/mol. The van der Waals surface area contributed by atoms with E-state index in [1.54, 1.807) is 11.3 Å². The summed E-state index contributed by atoms with van der Waals surface area (Å²) in [6, 6.07) is 29.4. The maximum Gasteiger partial charge on any atom is 0.123 e. The van der Waals surface area contributed by atoms with E-state index in [-0.39, 0.29) is 0 Å². The average molecular weight is 328 g/mol. The van der Waals surface area contributed by atoms with Gasteiger partial charge in [-0.1, -0.05) is 36.4 Å². The summed E-state index contributed by atoms with van der Waals surface area (Å²) >= 11 is 1.66. The van der Waals surface area contributed by atoms with Crippen molar-refractivity contribution in [1.29, 1.82) is 0 Å². The summed E-state index contributed by atoms with van der Waals surface area (Å²) in [6.07, 6.45) is 1.84. The van der Waals surface area contributed by atoms with Gasteiger partial charge in [-0.3, -0.25) is 0 Å². The van der Waals surface area contributed by atoms with Gasteiger partial charge in [-0.15, -0.1) is 11.3 Å². The van der Waals surface area contributed by atoms with Crippen LogP contribution in [0.1, 0.15) is 0 Å². The summed E-state index contributed by atoms with van der Waals surface area (Å²) < 4.78 is 0. The second-order valence-electron chi connectivity index (χ2n) is 5.39. The van der Waals surface area contributed by atoms with Crippen molar-refractivity contribution in [2.75, 3.05) is 4.90 Å². The van der Waals surface area contributed by atoms with Crippen LogP contribution < -0.4 is 4.90 Å². The third-order valence-corrected chi connectivity index (χ3v) is 4.66. The molecule has 0 bridgehead atoms. The van der Waals surface area contributed by atoms with Crippen molar-refractivity contribution in [2.24, 2.45) is 0 Å². The molecule has 0 radical (unpaired) electrons. The van der Waals surface area contributed by atoms with Gasteiger partial charge in [0.1, 0.15) is 5.01 Å². The van der Waals surface area contributed by atoms with Crippen LogP contribution in [0.15, 0.2) is 96.5 Å². The lowest BCUT2D eigenvalue weighted by atomic mass is 10.1. The Morgan fingerprint density at radius 3 is 1.67 bits per heavy atom. The average Bonchev–Trinajstić information content (AvgIpc) is 3.19. The van der Waals surface area contributed by atoms with E-state index in [4.69, 9.17) is 0 Å². The first-order valence-corrected chi connectivity index (χ1v) is 8.70. The van der Waals surface area contributed by atoms with Crippen LogP contribution >= 0.6 is 11.3 Å². The molecule has 4 aromatic rings. The van der Waals surface area contributed by atoms with E-state index in [1.165, 1.54) is 0 Å². The molecule has 1 aromatic heterocycles. The van der Waals surface area contributed by atoms with Crippen molar-refractivity contribution in [3.63, 3.8) is 0 Å². The minimum atomic E-state index is 1.05. The Kier molecular flexibility index (Phi) is 4.09. The van der Waals surface area contributed by atoms with E-state index in [1.807, 2.05) is 23.7 Å². The van der Waals surface area contributed by atoms with Crippen LogP contribution in [0, 0.1) is 0 Å². The van der Waals surface area contributed by atoms with Gasteiger partial charge in [0, 0.05) is 34.2 Å². The third kappa shape index (κ3) is 2.94. The lowest BCUT2D eigenvalue weighted by Gasteiger charge is -2.25. The molecule has 0 saturated carbocycles. The molecule has 0 N–H and O–H groups in total. The highest BCUT2D eigenvalue weighted by Gasteiger charge is 2.12. The fourth-order valence-electron chi connectivity index (χ4n) is 2.72. The molecule has 3 aromatic carbocycles. The Hall–Kier alpha value is -2.91. The Morgan fingerprint density at radius 2 is 1.17 bits per heavy atom. The van der Waals surface area contributed by atoms with Crippen molar-refractivity contribution >= 4 is 28.4 Å². The van der Waals surface area contributed by atoms with Crippen molar-refractivity contribution in [3.8, 4) is 10.6 Å². The molecule has 0 amide bonds. The van der Waals surface area contributed by atoms with Gasteiger partial charge in [-0.05, 0) is 48.5 Å². The van der Waals surface area contributed by atoms with Crippen molar-refractivity contribution in [2.45, 2.75) is 0 Å². The van der Waals surface area contributed by atoms with Crippen molar-refractivity contribution in [1.82, 2.24) is 4.98 Å². The zero-order valence-electron chi connectivity index (χ0n) is 13.0. The van der Waals surface area contributed by atoms with Gasteiger partial charge in [0.25, 0.3) is 0 Å². The first kappa shape index (κ1) is 14.7. The van der Waals surface area contributed by atoms with Crippen LogP contribution in [-0.4, -0.2) is 4.98 Å². The Morgan fingerprint density at radius 1 is 0.625 bits per heavy atom. The molecule has 2 nitrogen and oxygen atoms in total. The second-order valence-corrected chi connectivity index (χ2v) is 6.29. The SMILES string of the molecule is c1ccc(N(c2ccccc2)c2ccc(-c3nccs3)cc2)cc1. The number of aromatic nitrogens is 1. The number of para-hydroxylation sites is 2. The Bertz CT molecular complexity index is 846. The maximum atomic E-state index is 4.38. The molecule has 1 heterocycles. The number of rotatable bonds is 4. The van der Waals surface area contributed by atoms with Gasteiger partial charge in [-0.2, -0.15) is 0 Å². The molecule has 0 atom stereocenters. The minimum Gasteiger partial charge on any atom is -0.311 e.